The fourth-order valence-electron chi connectivity index (χ4n) is 2.64. The van der Waals surface area contributed by atoms with Crippen LogP contribution in [0, 0.1) is 6.92 Å². The van der Waals surface area contributed by atoms with Crippen LogP contribution >= 0.6 is 11.6 Å². The van der Waals surface area contributed by atoms with Crippen LogP contribution in [0.1, 0.15) is 72.0 Å². The molecule has 1 aromatic heterocycles. The van der Waals surface area contributed by atoms with Crippen molar-refractivity contribution < 1.29 is 9.59 Å². The number of carbonyl (C=O) groups excluding carboxylic acids is 2. The molecule has 0 saturated carbocycles. The van der Waals surface area contributed by atoms with Gasteiger partial charge in [0.15, 0.2) is 0 Å². The van der Waals surface area contributed by atoms with Gasteiger partial charge in [-0.1, -0.05) is 50.6 Å². The molecule has 124 valence electrons. The van der Waals surface area contributed by atoms with Crippen molar-refractivity contribution in [2.45, 2.75) is 52.4 Å². The highest BCUT2D eigenvalue weighted by Crippen LogP contribution is 2.26. The first-order valence-corrected chi connectivity index (χ1v) is 8.64. The first kappa shape index (κ1) is 17.7. The maximum atomic E-state index is 12.5. The minimum Gasteiger partial charge on any atom is -0.381 e. The van der Waals surface area contributed by atoms with Crippen molar-refractivity contribution in [1.82, 2.24) is 10.3 Å². The summed E-state index contributed by atoms with van der Waals surface area (Å²) in [5.74, 6) is -0.626. The lowest BCUT2D eigenvalue weighted by atomic mass is 9.96. The molecule has 0 amide bonds. The number of rotatable bonds is 8. The maximum absolute atomic E-state index is 12.5. The Morgan fingerprint density at radius 2 is 1.74 bits per heavy atom. The summed E-state index contributed by atoms with van der Waals surface area (Å²) < 4.78 is 0. The molecule has 1 heterocycles. The number of halogens is 1. The Kier molecular flexibility index (Phi) is 6.34. The molecule has 23 heavy (non-hydrogen) atoms. The van der Waals surface area contributed by atoms with Crippen molar-refractivity contribution >= 4 is 23.2 Å². The van der Waals surface area contributed by atoms with Crippen LogP contribution in [0.4, 0.5) is 0 Å². The Morgan fingerprint density at radius 3 is 2.48 bits per heavy atom. The number of unbranched alkanes of at least 4 members (excludes halogenated alkanes) is 5. The predicted octanol–water partition coefficient (Wildman–Crippen LogP) is 4.17. The lowest BCUT2D eigenvalue weighted by Gasteiger charge is -2.18. The van der Waals surface area contributed by atoms with Crippen LogP contribution < -0.4 is 5.32 Å². The van der Waals surface area contributed by atoms with Crippen molar-refractivity contribution in [3.8, 4) is 0 Å². The molecule has 4 nitrogen and oxygen atoms in total. The lowest BCUT2D eigenvalue weighted by Crippen LogP contribution is -2.30. The number of nitrogens with zero attached hydrogens (tertiary/aromatic N) is 1. The summed E-state index contributed by atoms with van der Waals surface area (Å²) in [4.78, 5) is 28.9. The number of allylic oxidation sites excluding steroid dienone is 2. The van der Waals surface area contributed by atoms with Crippen LogP contribution in [0.25, 0.3) is 0 Å². The fraction of sp³-hybridized carbons (Fsp3) is 0.500. The Labute approximate surface area is 142 Å². The summed E-state index contributed by atoms with van der Waals surface area (Å²) >= 11 is 6.10. The molecule has 0 bridgehead atoms. The van der Waals surface area contributed by atoms with Gasteiger partial charge >= 0.3 is 0 Å². The predicted molar refractivity (Wildman–Crippen MR) is 91.9 cm³/mol. The molecule has 0 unspecified atom stereocenters. The fourth-order valence-corrected chi connectivity index (χ4v) is 2.88. The van der Waals surface area contributed by atoms with Gasteiger partial charge in [0.05, 0.1) is 5.56 Å². The summed E-state index contributed by atoms with van der Waals surface area (Å²) in [5, 5.41) is 3.00. The van der Waals surface area contributed by atoms with Gasteiger partial charge in [-0.3, -0.25) is 9.59 Å². The van der Waals surface area contributed by atoms with E-state index >= 15 is 0 Å². The normalized spacial score (nSPS) is 14.2. The van der Waals surface area contributed by atoms with E-state index in [2.05, 4.69) is 17.2 Å². The molecule has 1 aromatic rings. The Balaban J connectivity index is 1.97. The van der Waals surface area contributed by atoms with E-state index in [-0.39, 0.29) is 28.0 Å². The van der Waals surface area contributed by atoms with Crippen molar-refractivity contribution in [3.63, 3.8) is 0 Å². The third-order valence-corrected chi connectivity index (χ3v) is 4.33. The van der Waals surface area contributed by atoms with Gasteiger partial charge in [-0.05, 0) is 25.5 Å². The molecule has 1 aliphatic rings. The molecule has 0 saturated heterocycles. The molecular weight excluding hydrogens is 312 g/mol. The van der Waals surface area contributed by atoms with Crippen LogP contribution in [-0.2, 0) is 0 Å². The van der Waals surface area contributed by atoms with E-state index in [4.69, 9.17) is 11.6 Å². The van der Waals surface area contributed by atoms with Crippen LogP contribution in [-0.4, -0.2) is 23.1 Å². The van der Waals surface area contributed by atoms with Gasteiger partial charge in [-0.25, -0.2) is 4.98 Å². The summed E-state index contributed by atoms with van der Waals surface area (Å²) in [6, 6.07) is 3.38. The van der Waals surface area contributed by atoms with Crippen LogP contribution in [0.3, 0.4) is 0 Å². The minimum absolute atomic E-state index is 0.0495. The SMILES string of the molecule is CCCCCCCCNC1=C(Cl)C(=O)c2nc(C)ccc2C1=O. The highest BCUT2D eigenvalue weighted by atomic mass is 35.5. The number of hydrogen-bond acceptors (Lipinski definition) is 4. The van der Waals surface area contributed by atoms with Gasteiger partial charge in [0.2, 0.25) is 11.6 Å². The van der Waals surface area contributed by atoms with Gasteiger partial charge < -0.3 is 5.32 Å². The zero-order valence-corrected chi connectivity index (χ0v) is 14.5. The maximum Gasteiger partial charge on any atom is 0.225 e. The molecule has 2 rings (SSSR count). The number of carbonyl (C=O) groups is 2. The first-order chi connectivity index (χ1) is 11.1. The topological polar surface area (TPSA) is 59.1 Å². The third kappa shape index (κ3) is 4.20. The van der Waals surface area contributed by atoms with Crippen molar-refractivity contribution in [1.29, 1.82) is 0 Å². The standard InChI is InChI=1S/C18H23ClN2O2/c1-3-4-5-6-7-8-11-20-16-14(19)18(23)15-13(17(16)22)10-9-12(2)21-15/h9-10,20H,3-8,11H2,1-2H3. The number of Topliss-reactive ketones (excluding diaryl/α,β-unsaturated/α-hetero) is 2. The van der Waals surface area contributed by atoms with Gasteiger partial charge in [0, 0.05) is 12.2 Å². The van der Waals surface area contributed by atoms with E-state index < -0.39 is 0 Å². The zero-order chi connectivity index (χ0) is 16.8. The molecule has 0 radical (unpaired) electrons. The largest absolute Gasteiger partial charge is 0.381 e. The number of pyridine rings is 1. The molecule has 1 aliphatic carbocycles. The molecule has 0 fully saturated rings. The highest BCUT2D eigenvalue weighted by molar-refractivity contribution is 6.49. The van der Waals surface area contributed by atoms with Crippen molar-refractivity contribution in [2.24, 2.45) is 0 Å². The van der Waals surface area contributed by atoms with Crippen molar-refractivity contribution in [3.05, 3.63) is 39.8 Å². The summed E-state index contributed by atoms with van der Waals surface area (Å²) in [6.07, 6.45) is 7.00. The smallest absolute Gasteiger partial charge is 0.225 e. The van der Waals surface area contributed by atoms with Gasteiger partial charge in [-0.15, -0.1) is 0 Å². The monoisotopic (exact) mass is 334 g/mol. The number of ketones is 2. The third-order valence-electron chi connectivity index (χ3n) is 3.97. The van der Waals surface area contributed by atoms with Crippen molar-refractivity contribution in [2.75, 3.05) is 6.54 Å². The summed E-state index contributed by atoms with van der Waals surface area (Å²) in [6.45, 7) is 4.61. The highest BCUT2D eigenvalue weighted by Gasteiger charge is 2.32. The van der Waals surface area contributed by atoms with Crippen LogP contribution in [0.5, 0.6) is 0 Å². The second kappa shape index (κ2) is 8.25. The average molecular weight is 335 g/mol. The zero-order valence-electron chi connectivity index (χ0n) is 13.7. The number of aryl methyl sites for hydroxylation is 1. The molecule has 5 heteroatoms. The number of fused-ring (bicyclic) bond motifs is 1. The molecule has 1 N–H and O–H groups in total. The molecule has 0 spiro atoms. The molecular formula is C18H23ClN2O2. The van der Waals surface area contributed by atoms with E-state index in [1.807, 2.05) is 0 Å². The van der Waals surface area contributed by atoms with Crippen LogP contribution in [0.2, 0.25) is 0 Å². The molecule has 0 aliphatic heterocycles. The van der Waals surface area contributed by atoms with E-state index in [9.17, 15) is 9.59 Å². The second-order valence-electron chi connectivity index (χ2n) is 5.89. The molecule has 0 atom stereocenters. The number of nitrogens with one attached hydrogen (secondary N) is 1. The lowest BCUT2D eigenvalue weighted by molar-refractivity contribution is 0.0971. The van der Waals surface area contributed by atoms with E-state index in [1.54, 1.807) is 19.1 Å². The van der Waals surface area contributed by atoms with Gasteiger partial charge in [-0.2, -0.15) is 0 Å². The van der Waals surface area contributed by atoms with Gasteiger partial charge in [0.25, 0.3) is 0 Å². The Morgan fingerprint density at radius 1 is 1.04 bits per heavy atom. The first-order valence-electron chi connectivity index (χ1n) is 8.27. The Bertz CT molecular complexity index is 638. The van der Waals surface area contributed by atoms with E-state index in [0.717, 1.165) is 12.8 Å². The summed E-state index contributed by atoms with van der Waals surface area (Å²) in [5.41, 5.74) is 1.39. The molecule has 0 aromatic carbocycles. The Hall–Kier alpha value is -1.68. The second-order valence-corrected chi connectivity index (χ2v) is 6.27. The van der Waals surface area contributed by atoms with E-state index in [0.29, 0.717) is 17.8 Å². The minimum atomic E-state index is -0.379. The number of aromatic nitrogens is 1. The average Bonchev–Trinajstić information content (AvgIpc) is 2.54. The van der Waals surface area contributed by atoms with E-state index in [1.165, 1.54) is 25.7 Å². The van der Waals surface area contributed by atoms with Gasteiger partial charge in [0.1, 0.15) is 16.4 Å². The quantitative estimate of drug-likeness (QED) is 0.725. The number of hydrogen-bond donors (Lipinski definition) is 1. The van der Waals surface area contributed by atoms with Crippen LogP contribution in [0.15, 0.2) is 22.9 Å². The summed E-state index contributed by atoms with van der Waals surface area (Å²) in [7, 11) is 0.